The lowest BCUT2D eigenvalue weighted by molar-refractivity contribution is 0.0778. The van der Waals surface area contributed by atoms with Crippen LogP contribution in [0.5, 0.6) is 0 Å². The van der Waals surface area contributed by atoms with Crippen molar-refractivity contribution in [1.29, 1.82) is 0 Å². The maximum absolute atomic E-state index is 13.2. The third kappa shape index (κ3) is 4.64. The predicted molar refractivity (Wildman–Crippen MR) is 111 cm³/mol. The average molecular weight is 421 g/mol. The van der Waals surface area contributed by atoms with Gasteiger partial charge in [0.1, 0.15) is 5.82 Å². The number of hydrogen-bond acceptors (Lipinski definition) is 4. The van der Waals surface area contributed by atoms with Gasteiger partial charge in [-0.15, -0.1) is 17.5 Å². The van der Waals surface area contributed by atoms with Crippen molar-refractivity contribution in [2.45, 2.75) is 39.8 Å². The number of nitrogens with zero attached hydrogens (tertiary/aromatic N) is 6. The minimum absolute atomic E-state index is 0. The van der Waals surface area contributed by atoms with Gasteiger partial charge in [-0.2, -0.15) is 5.10 Å². The molecular weight excluding hydrogens is 395 g/mol. The quantitative estimate of drug-likeness (QED) is 0.612. The monoisotopic (exact) mass is 420 g/mol. The molecule has 156 valence electrons. The fourth-order valence-electron chi connectivity index (χ4n) is 3.34. The Morgan fingerprint density at radius 2 is 1.90 bits per heavy atom. The number of halogens is 2. The van der Waals surface area contributed by atoms with Crippen LogP contribution in [0.4, 0.5) is 4.39 Å². The molecule has 0 fully saturated rings. The lowest BCUT2D eigenvalue weighted by atomic mass is 10.0. The number of carbonyl (C=O) groups is 1. The van der Waals surface area contributed by atoms with E-state index in [1.807, 2.05) is 32.5 Å². The molecule has 0 bridgehead atoms. The van der Waals surface area contributed by atoms with Crippen LogP contribution in [0, 0.1) is 19.7 Å². The second-order valence-electron chi connectivity index (χ2n) is 6.99. The highest BCUT2D eigenvalue weighted by Gasteiger charge is 2.21. The van der Waals surface area contributed by atoms with E-state index in [9.17, 15) is 9.18 Å². The molecule has 29 heavy (non-hydrogen) atoms. The van der Waals surface area contributed by atoms with Gasteiger partial charge in [0.05, 0.1) is 17.9 Å². The number of aryl methyl sites for hydroxylation is 2. The number of hydrogen-bond donors (Lipinski definition) is 0. The van der Waals surface area contributed by atoms with Gasteiger partial charge in [-0.05, 0) is 38.0 Å². The molecule has 9 heteroatoms. The van der Waals surface area contributed by atoms with Gasteiger partial charge >= 0.3 is 0 Å². The highest BCUT2D eigenvalue weighted by atomic mass is 35.5. The molecule has 3 aromatic rings. The Hall–Kier alpha value is -2.74. The predicted octanol–water partition coefficient (Wildman–Crippen LogP) is 3.46. The molecule has 2 aromatic heterocycles. The summed E-state index contributed by atoms with van der Waals surface area (Å²) in [5.41, 5.74) is 4.17. The second-order valence-corrected chi connectivity index (χ2v) is 6.99. The first-order valence-electron chi connectivity index (χ1n) is 9.23. The van der Waals surface area contributed by atoms with E-state index in [1.54, 1.807) is 35.0 Å². The summed E-state index contributed by atoms with van der Waals surface area (Å²) in [5, 5.41) is 12.6. The van der Waals surface area contributed by atoms with Gasteiger partial charge in [-0.25, -0.2) is 9.07 Å². The van der Waals surface area contributed by atoms with Crippen LogP contribution in [0.1, 0.15) is 52.4 Å². The van der Waals surface area contributed by atoms with Crippen molar-refractivity contribution in [3.63, 3.8) is 0 Å². The highest BCUT2D eigenvalue weighted by Crippen LogP contribution is 2.22. The molecule has 7 nitrogen and oxygen atoms in total. The largest absolute Gasteiger partial charge is 0.336 e. The van der Waals surface area contributed by atoms with Crippen molar-refractivity contribution in [2.75, 3.05) is 7.05 Å². The summed E-state index contributed by atoms with van der Waals surface area (Å²) in [4.78, 5) is 14.4. The van der Waals surface area contributed by atoms with Crippen LogP contribution in [-0.2, 0) is 13.6 Å². The SMILES string of the molecule is CCC(c1ccc(F)cc1)n1cc(C(=O)N(C)Cc2c(C)nn(C)c2C)nn1.Cl. The van der Waals surface area contributed by atoms with Gasteiger partial charge in [0.15, 0.2) is 5.69 Å². The molecule has 0 aliphatic rings. The van der Waals surface area contributed by atoms with E-state index in [-0.39, 0.29) is 35.9 Å². The first kappa shape index (κ1) is 22.5. The van der Waals surface area contributed by atoms with Gasteiger partial charge < -0.3 is 4.90 Å². The van der Waals surface area contributed by atoms with Crippen LogP contribution in [0.15, 0.2) is 30.5 Å². The molecule has 0 radical (unpaired) electrons. The Morgan fingerprint density at radius 1 is 1.24 bits per heavy atom. The fraction of sp³-hybridized carbons (Fsp3) is 0.400. The van der Waals surface area contributed by atoms with E-state index in [2.05, 4.69) is 15.4 Å². The summed E-state index contributed by atoms with van der Waals surface area (Å²) >= 11 is 0. The Bertz CT molecular complexity index is 982. The molecule has 2 heterocycles. The van der Waals surface area contributed by atoms with E-state index < -0.39 is 0 Å². The Morgan fingerprint density at radius 3 is 2.45 bits per heavy atom. The molecule has 1 atom stereocenters. The fourth-order valence-corrected chi connectivity index (χ4v) is 3.34. The van der Waals surface area contributed by atoms with E-state index in [0.29, 0.717) is 6.54 Å². The van der Waals surface area contributed by atoms with E-state index in [0.717, 1.165) is 28.9 Å². The van der Waals surface area contributed by atoms with Gasteiger partial charge in [0.25, 0.3) is 5.91 Å². The minimum Gasteiger partial charge on any atom is -0.336 e. The van der Waals surface area contributed by atoms with Crippen LogP contribution in [-0.4, -0.2) is 42.6 Å². The van der Waals surface area contributed by atoms with E-state index >= 15 is 0 Å². The van der Waals surface area contributed by atoms with Crippen LogP contribution >= 0.6 is 12.4 Å². The molecule has 0 N–H and O–H groups in total. The molecule has 0 spiro atoms. The molecule has 1 amide bonds. The van der Waals surface area contributed by atoms with Crippen LogP contribution < -0.4 is 0 Å². The van der Waals surface area contributed by atoms with Crippen molar-refractivity contribution in [3.8, 4) is 0 Å². The summed E-state index contributed by atoms with van der Waals surface area (Å²) in [6.07, 6.45) is 2.39. The maximum Gasteiger partial charge on any atom is 0.276 e. The first-order valence-corrected chi connectivity index (χ1v) is 9.23. The Labute approximate surface area is 175 Å². The number of amides is 1. The summed E-state index contributed by atoms with van der Waals surface area (Å²) in [6.45, 7) is 6.38. The summed E-state index contributed by atoms with van der Waals surface area (Å²) < 4.78 is 16.7. The van der Waals surface area contributed by atoms with Crippen molar-refractivity contribution in [3.05, 3.63) is 64.5 Å². The standard InChI is InChI=1S/C20H25FN6O.ClH/c1-6-19(15-7-9-16(21)10-8-15)27-12-18(22-24-27)20(28)25(4)11-17-13(2)23-26(5)14(17)3;/h7-10,12,19H,6,11H2,1-5H3;1H. The topological polar surface area (TPSA) is 68.8 Å². The number of rotatable bonds is 6. The lowest BCUT2D eigenvalue weighted by Gasteiger charge is -2.16. The first-order chi connectivity index (χ1) is 13.3. The number of benzene rings is 1. The lowest BCUT2D eigenvalue weighted by Crippen LogP contribution is -2.27. The average Bonchev–Trinajstić information content (AvgIpc) is 3.24. The molecule has 1 aromatic carbocycles. The summed E-state index contributed by atoms with van der Waals surface area (Å²) in [7, 11) is 3.63. The normalized spacial score (nSPS) is 11.8. The number of aromatic nitrogens is 5. The van der Waals surface area contributed by atoms with Crippen LogP contribution in [0.3, 0.4) is 0 Å². The maximum atomic E-state index is 13.2. The van der Waals surface area contributed by atoms with Crippen LogP contribution in [0.2, 0.25) is 0 Å². The van der Waals surface area contributed by atoms with Crippen molar-refractivity contribution < 1.29 is 9.18 Å². The third-order valence-corrected chi connectivity index (χ3v) is 5.09. The third-order valence-electron chi connectivity index (χ3n) is 5.09. The van der Waals surface area contributed by atoms with E-state index in [1.165, 1.54) is 12.1 Å². The zero-order valence-electron chi connectivity index (χ0n) is 17.3. The molecule has 3 rings (SSSR count). The Kier molecular flexibility index (Phi) is 7.13. The Balaban J connectivity index is 0.00000300. The van der Waals surface area contributed by atoms with Crippen molar-refractivity contribution in [1.82, 2.24) is 29.7 Å². The molecule has 0 aliphatic carbocycles. The zero-order valence-corrected chi connectivity index (χ0v) is 18.1. The van der Waals surface area contributed by atoms with Crippen LogP contribution in [0.25, 0.3) is 0 Å². The minimum atomic E-state index is -0.282. The number of carbonyl (C=O) groups excluding carboxylic acids is 1. The molecule has 1 unspecified atom stereocenters. The second kappa shape index (κ2) is 9.17. The van der Waals surface area contributed by atoms with Crippen molar-refractivity contribution in [2.24, 2.45) is 7.05 Å². The van der Waals surface area contributed by atoms with Gasteiger partial charge in [-0.1, -0.05) is 24.3 Å². The zero-order chi connectivity index (χ0) is 20.4. The molecular formula is C20H26ClFN6O. The van der Waals surface area contributed by atoms with Gasteiger partial charge in [0.2, 0.25) is 0 Å². The summed E-state index contributed by atoms with van der Waals surface area (Å²) in [5.74, 6) is -0.487. The van der Waals surface area contributed by atoms with Crippen molar-refractivity contribution >= 4 is 18.3 Å². The molecule has 0 aliphatic heterocycles. The summed E-state index contributed by atoms with van der Waals surface area (Å²) in [6, 6.07) is 6.20. The van der Waals surface area contributed by atoms with Gasteiger partial charge in [-0.3, -0.25) is 9.48 Å². The highest BCUT2D eigenvalue weighted by molar-refractivity contribution is 5.91. The van der Waals surface area contributed by atoms with Gasteiger partial charge in [0, 0.05) is 31.9 Å². The van der Waals surface area contributed by atoms with E-state index in [4.69, 9.17) is 0 Å². The molecule has 0 saturated carbocycles. The smallest absolute Gasteiger partial charge is 0.276 e. The molecule has 0 saturated heterocycles.